The van der Waals surface area contributed by atoms with Crippen LogP contribution in [0.5, 0.6) is 5.75 Å². The predicted molar refractivity (Wildman–Crippen MR) is 108 cm³/mol. The van der Waals surface area contributed by atoms with E-state index in [4.69, 9.17) is 4.74 Å². The minimum atomic E-state index is -0.0409. The maximum absolute atomic E-state index is 11.9. The summed E-state index contributed by atoms with van der Waals surface area (Å²) in [6.07, 6.45) is 0.887. The number of hydrogen-bond acceptors (Lipinski definition) is 4. The highest BCUT2D eigenvalue weighted by Gasteiger charge is 2.04. The van der Waals surface area contributed by atoms with Crippen LogP contribution in [0.3, 0.4) is 0 Å². The highest BCUT2D eigenvalue weighted by Crippen LogP contribution is 2.17. The number of thioether (sulfide) groups is 1. The summed E-state index contributed by atoms with van der Waals surface area (Å²) in [6, 6.07) is 13.1. The molecular weight excluding hydrogens is 346 g/mol. The molecule has 0 heterocycles. The van der Waals surface area contributed by atoms with E-state index in [0.717, 1.165) is 17.9 Å². The van der Waals surface area contributed by atoms with Gasteiger partial charge in [-0.3, -0.25) is 9.59 Å². The van der Waals surface area contributed by atoms with Crippen molar-refractivity contribution in [2.75, 3.05) is 23.4 Å². The molecule has 0 saturated heterocycles. The number of aryl methyl sites for hydroxylation is 2. The highest BCUT2D eigenvalue weighted by molar-refractivity contribution is 7.99. The van der Waals surface area contributed by atoms with Crippen molar-refractivity contribution in [3.63, 3.8) is 0 Å². The zero-order valence-electron chi connectivity index (χ0n) is 15.5. The molecular formula is C21H25NO3S. The van der Waals surface area contributed by atoms with E-state index >= 15 is 0 Å². The van der Waals surface area contributed by atoms with Gasteiger partial charge < -0.3 is 10.1 Å². The van der Waals surface area contributed by atoms with E-state index in [2.05, 4.69) is 25.2 Å². The zero-order valence-corrected chi connectivity index (χ0v) is 16.3. The van der Waals surface area contributed by atoms with Crippen LogP contribution in [0.1, 0.15) is 34.8 Å². The maximum Gasteiger partial charge on any atom is 0.234 e. The van der Waals surface area contributed by atoms with Gasteiger partial charge in [-0.05, 0) is 80.5 Å². The number of anilines is 1. The van der Waals surface area contributed by atoms with Crippen LogP contribution in [0.4, 0.5) is 5.69 Å². The summed E-state index contributed by atoms with van der Waals surface area (Å²) in [5, 5.41) is 2.83. The molecule has 2 aromatic carbocycles. The van der Waals surface area contributed by atoms with Gasteiger partial charge in [-0.2, -0.15) is 11.8 Å². The summed E-state index contributed by atoms with van der Waals surface area (Å²) in [6.45, 7) is 6.28. The average Bonchev–Trinajstić information content (AvgIpc) is 2.57. The predicted octanol–water partition coefficient (Wildman–Crippen LogP) is 4.65. The molecule has 2 rings (SSSR count). The van der Waals surface area contributed by atoms with Gasteiger partial charge in [0.05, 0.1) is 12.4 Å². The molecule has 1 amide bonds. The number of ketones is 1. The molecule has 0 fully saturated rings. The van der Waals surface area contributed by atoms with Gasteiger partial charge in [0.1, 0.15) is 5.75 Å². The van der Waals surface area contributed by atoms with Gasteiger partial charge in [-0.1, -0.05) is 6.07 Å². The Morgan fingerprint density at radius 2 is 1.69 bits per heavy atom. The van der Waals surface area contributed by atoms with Crippen molar-refractivity contribution in [3.05, 3.63) is 59.2 Å². The van der Waals surface area contributed by atoms with Crippen LogP contribution in [-0.4, -0.2) is 29.8 Å². The molecule has 2 aromatic rings. The summed E-state index contributed by atoms with van der Waals surface area (Å²) in [4.78, 5) is 23.2. The molecule has 4 nitrogen and oxygen atoms in total. The molecule has 0 radical (unpaired) electrons. The maximum atomic E-state index is 11.9. The highest BCUT2D eigenvalue weighted by atomic mass is 32.2. The minimum absolute atomic E-state index is 0.0153. The van der Waals surface area contributed by atoms with Gasteiger partial charge in [0, 0.05) is 11.3 Å². The number of carbonyl (C=O) groups is 2. The number of rotatable bonds is 9. The average molecular weight is 372 g/mol. The Hall–Kier alpha value is -2.27. The van der Waals surface area contributed by atoms with Crippen LogP contribution < -0.4 is 10.1 Å². The van der Waals surface area contributed by atoms with E-state index in [-0.39, 0.29) is 11.7 Å². The first-order valence-corrected chi connectivity index (χ1v) is 9.79. The van der Waals surface area contributed by atoms with Crippen LogP contribution in [0, 0.1) is 13.8 Å². The van der Waals surface area contributed by atoms with Gasteiger partial charge in [-0.15, -0.1) is 0 Å². The minimum Gasteiger partial charge on any atom is -0.494 e. The fourth-order valence-electron chi connectivity index (χ4n) is 2.52. The van der Waals surface area contributed by atoms with Crippen molar-refractivity contribution in [2.45, 2.75) is 27.2 Å². The van der Waals surface area contributed by atoms with Gasteiger partial charge in [0.25, 0.3) is 0 Å². The Bertz CT molecular complexity index is 736. The first-order valence-electron chi connectivity index (χ1n) is 8.64. The molecule has 5 heteroatoms. The standard InChI is InChI=1S/C21H25NO3S/c1-15-11-16(2)13-20(12-15)25-9-4-10-26-14-21(24)22-19-7-5-18(6-8-19)17(3)23/h5-8,11-13H,4,9-10,14H2,1-3H3,(H,22,24). The van der Waals surface area contributed by atoms with Crippen LogP contribution >= 0.6 is 11.8 Å². The summed E-state index contributed by atoms with van der Waals surface area (Å²) in [5.74, 6) is 2.14. The van der Waals surface area contributed by atoms with Crippen LogP contribution in [0.25, 0.3) is 0 Å². The second-order valence-corrected chi connectivity index (χ2v) is 7.36. The molecule has 0 aromatic heterocycles. The molecule has 0 saturated carbocycles. The third kappa shape index (κ3) is 6.92. The van der Waals surface area contributed by atoms with Gasteiger partial charge >= 0.3 is 0 Å². The Kier molecular flexibility index (Phi) is 7.73. The lowest BCUT2D eigenvalue weighted by Gasteiger charge is -2.08. The number of nitrogens with one attached hydrogen (secondary N) is 1. The third-order valence-corrected chi connectivity index (χ3v) is 4.75. The molecule has 0 aliphatic rings. The lowest BCUT2D eigenvalue weighted by Crippen LogP contribution is -2.14. The lowest BCUT2D eigenvalue weighted by atomic mass is 10.1. The Morgan fingerprint density at radius 3 is 2.31 bits per heavy atom. The number of Topliss-reactive ketones (excluding diaryl/α,β-unsaturated/α-hetero) is 1. The Balaban J connectivity index is 1.61. The van der Waals surface area contributed by atoms with Gasteiger partial charge in [-0.25, -0.2) is 0 Å². The first-order chi connectivity index (χ1) is 12.4. The van der Waals surface area contributed by atoms with Gasteiger partial charge in [0.2, 0.25) is 5.91 Å². The third-order valence-electron chi connectivity index (χ3n) is 3.71. The monoisotopic (exact) mass is 371 g/mol. The second kappa shape index (κ2) is 10.0. The summed E-state index contributed by atoms with van der Waals surface area (Å²) < 4.78 is 5.76. The van der Waals surface area contributed by atoms with Gasteiger partial charge in [0.15, 0.2) is 5.78 Å². The van der Waals surface area contributed by atoms with Crippen molar-refractivity contribution in [1.82, 2.24) is 0 Å². The van der Waals surface area contributed by atoms with E-state index in [1.54, 1.807) is 36.0 Å². The van der Waals surface area contributed by atoms with Crippen molar-refractivity contribution in [2.24, 2.45) is 0 Å². The van der Waals surface area contributed by atoms with Crippen molar-refractivity contribution >= 4 is 29.1 Å². The van der Waals surface area contributed by atoms with E-state index in [1.807, 2.05) is 12.1 Å². The summed E-state index contributed by atoms with van der Waals surface area (Å²) >= 11 is 1.58. The lowest BCUT2D eigenvalue weighted by molar-refractivity contribution is -0.113. The van der Waals surface area contributed by atoms with E-state index in [1.165, 1.54) is 18.1 Å². The molecule has 138 valence electrons. The molecule has 0 aliphatic carbocycles. The molecule has 26 heavy (non-hydrogen) atoms. The Morgan fingerprint density at radius 1 is 1.04 bits per heavy atom. The smallest absolute Gasteiger partial charge is 0.234 e. The number of ether oxygens (including phenoxy) is 1. The van der Waals surface area contributed by atoms with Crippen LogP contribution in [-0.2, 0) is 4.79 Å². The number of amides is 1. The SMILES string of the molecule is CC(=O)c1ccc(NC(=O)CSCCCOc2cc(C)cc(C)c2)cc1. The molecule has 0 unspecified atom stereocenters. The number of hydrogen-bond donors (Lipinski definition) is 1. The topological polar surface area (TPSA) is 55.4 Å². The molecule has 0 spiro atoms. The second-order valence-electron chi connectivity index (χ2n) is 6.26. The molecule has 1 N–H and O–H groups in total. The normalized spacial score (nSPS) is 10.4. The van der Waals surface area contributed by atoms with Crippen molar-refractivity contribution < 1.29 is 14.3 Å². The van der Waals surface area contributed by atoms with E-state index in [9.17, 15) is 9.59 Å². The zero-order chi connectivity index (χ0) is 18.9. The molecule has 0 atom stereocenters. The fourth-order valence-corrected chi connectivity index (χ4v) is 3.24. The summed E-state index contributed by atoms with van der Waals surface area (Å²) in [7, 11) is 0. The Labute approximate surface area is 159 Å². The van der Waals surface area contributed by atoms with Crippen molar-refractivity contribution in [3.8, 4) is 5.75 Å². The first kappa shape index (κ1) is 20.0. The molecule has 0 aliphatic heterocycles. The van der Waals surface area contributed by atoms with Crippen molar-refractivity contribution in [1.29, 1.82) is 0 Å². The van der Waals surface area contributed by atoms with Crippen LogP contribution in [0.15, 0.2) is 42.5 Å². The van der Waals surface area contributed by atoms with Crippen LogP contribution in [0.2, 0.25) is 0 Å². The quantitative estimate of drug-likeness (QED) is 0.515. The summed E-state index contributed by atoms with van der Waals surface area (Å²) in [5.41, 5.74) is 3.74. The molecule has 0 bridgehead atoms. The van der Waals surface area contributed by atoms with E-state index < -0.39 is 0 Å². The van der Waals surface area contributed by atoms with E-state index in [0.29, 0.717) is 23.6 Å². The number of benzene rings is 2. The fraction of sp³-hybridized carbons (Fsp3) is 0.333. The largest absolute Gasteiger partial charge is 0.494 e. The number of carbonyl (C=O) groups excluding carboxylic acids is 2.